The van der Waals surface area contributed by atoms with Gasteiger partial charge in [-0.25, -0.2) is 8.78 Å². The average molecular weight is 178 g/mol. The summed E-state index contributed by atoms with van der Waals surface area (Å²) in [6.07, 6.45) is 0. The zero-order valence-electron chi connectivity index (χ0n) is 6.46. The molecule has 64 valence electrons. The topological polar surface area (TPSA) is 47.6 Å². The third kappa shape index (κ3) is 2.00. The summed E-state index contributed by atoms with van der Waals surface area (Å²) in [4.78, 5) is 0. The molecule has 0 radical (unpaired) electrons. The molecule has 0 spiro atoms. The Hall–Kier alpha value is -1.94. The Balaban J connectivity index is 3.17. The Morgan fingerprint density at radius 1 is 1.00 bits per heavy atom. The lowest BCUT2D eigenvalue weighted by Crippen LogP contribution is -1.94. The molecule has 0 amide bonds. The second-order valence-corrected chi connectivity index (χ2v) is 2.39. The van der Waals surface area contributed by atoms with Crippen LogP contribution in [0.3, 0.4) is 0 Å². The van der Waals surface area contributed by atoms with Crippen LogP contribution in [0, 0.1) is 34.3 Å². The number of nitrogens with zero attached hydrogens (tertiary/aromatic N) is 2. The number of nitriles is 2. The van der Waals surface area contributed by atoms with Crippen LogP contribution in [0.25, 0.3) is 0 Å². The second-order valence-electron chi connectivity index (χ2n) is 2.39. The van der Waals surface area contributed by atoms with Crippen molar-refractivity contribution in [1.29, 1.82) is 10.5 Å². The molecule has 0 aliphatic heterocycles. The van der Waals surface area contributed by atoms with E-state index in [2.05, 4.69) is 0 Å². The van der Waals surface area contributed by atoms with E-state index < -0.39 is 17.6 Å². The van der Waals surface area contributed by atoms with Crippen molar-refractivity contribution in [2.24, 2.45) is 0 Å². The molecule has 0 aliphatic rings. The number of benzene rings is 1. The maximum Gasteiger partial charge on any atom is 0.158 e. The lowest BCUT2D eigenvalue weighted by molar-refractivity contribution is 0.580. The third-order valence-electron chi connectivity index (χ3n) is 1.48. The van der Waals surface area contributed by atoms with Crippen molar-refractivity contribution in [3.05, 3.63) is 35.4 Å². The lowest BCUT2D eigenvalue weighted by Gasteiger charge is -2.00. The first-order valence-electron chi connectivity index (χ1n) is 3.42. The van der Waals surface area contributed by atoms with E-state index in [-0.39, 0.29) is 5.56 Å². The first-order valence-corrected chi connectivity index (χ1v) is 3.42. The minimum absolute atomic E-state index is 0.0440. The van der Waals surface area contributed by atoms with Crippen molar-refractivity contribution in [1.82, 2.24) is 0 Å². The van der Waals surface area contributed by atoms with E-state index in [1.807, 2.05) is 0 Å². The fourth-order valence-corrected chi connectivity index (χ4v) is 0.920. The summed E-state index contributed by atoms with van der Waals surface area (Å²) in [5.41, 5.74) is 0.0440. The molecular weight excluding hydrogens is 174 g/mol. The largest absolute Gasteiger partial charge is 0.207 e. The highest BCUT2D eigenvalue weighted by atomic mass is 19.1. The molecular formula is C9H4F2N2. The molecule has 13 heavy (non-hydrogen) atoms. The smallest absolute Gasteiger partial charge is 0.158 e. The molecule has 0 heterocycles. The molecule has 0 N–H and O–H groups in total. The van der Waals surface area contributed by atoms with Crippen LogP contribution < -0.4 is 0 Å². The minimum atomic E-state index is -1.12. The molecule has 1 rings (SSSR count). The summed E-state index contributed by atoms with van der Waals surface area (Å²) < 4.78 is 25.2. The average Bonchev–Trinajstić information content (AvgIpc) is 2.04. The van der Waals surface area contributed by atoms with Gasteiger partial charge in [-0.3, -0.25) is 0 Å². The minimum Gasteiger partial charge on any atom is -0.207 e. The summed E-state index contributed by atoms with van der Waals surface area (Å²) in [5.74, 6) is -2.69. The van der Waals surface area contributed by atoms with Gasteiger partial charge in [-0.15, -0.1) is 0 Å². The van der Waals surface area contributed by atoms with Crippen molar-refractivity contribution in [2.75, 3.05) is 0 Å². The molecule has 0 fully saturated rings. The normalized spacial score (nSPS) is 9.31. The fourth-order valence-electron chi connectivity index (χ4n) is 0.920. The van der Waals surface area contributed by atoms with Crippen LogP contribution in [0.1, 0.15) is 11.5 Å². The van der Waals surface area contributed by atoms with Crippen LogP contribution in [0.5, 0.6) is 0 Å². The number of rotatable bonds is 1. The standard InChI is InChI=1S/C9H4F2N2/c10-8-1-6(2-9(11)3-8)7(4-12)5-13/h1-3,7H. The van der Waals surface area contributed by atoms with E-state index in [0.717, 1.165) is 12.1 Å². The fraction of sp³-hybridized carbons (Fsp3) is 0.111. The number of halogens is 2. The van der Waals surface area contributed by atoms with E-state index in [0.29, 0.717) is 6.07 Å². The van der Waals surface area contributed by atoms with Gasteiger partial charge in [-0.1, -0.05) is 0 Å². The van der Waals surface area contributed by atoms with Crippen LogP contribution in [-0.4, -0.2) is 0 Å². The highest BCUT2D eigenvalue weighted by molar-refractivity contribution is 5.31. The predicted octanol–water partition coefficient (Wildman–Crippen LogP) is 2.10. The SMILES string of the molecule is N#CC(C#N)c1cc(F)cc(F)c1. The van der Waals surface area contributed by atoms with Crippen molar-refractivity contribution >= 4 is 0 Å². The molecule has 1 aromatic carbocycles. The van der Waals surface area contributed by atoms with Gasteiger partial charge in [0.15, 0.2) is 5.92 Å². The highest BCUT2D eigenvalue weighted by Gasteiger charge is 2.11. The van der Waals surface area contributed by atoms with Gasteiger partial charge in [0.1, 0.15) is 11.6 Å². The van der Waals surface area contributed by atoms with Crippen LogP contribution in [-0.2, 0) is 0 Å². The maximum absolute atomic E-state index is 12.6. The van der Waals surface area contributed by atoms with Crippen LogP contribution in [0.15, 0.2) is 18.2 Å². The van der Waals surface area contributed by atoms with E-state index in [1.165, 1.54) is 0 Å². The van der Waals surface area contributed by atoms with Gasteiger partial charge in [0.2, 0.25) is 0 Å². The van der Waals surface area contributed by atoms with Crippen LogP contribution in [0.2, 0.25) is 0 Å². The van der Waals surface area contributed by atoms with Crippen molar-refractivity contribution in [2.45, 2.75) is 5.92 Å². The monoisotopic (exact) mass is 178 g/mol. The second kappa shape index (κ2) is 3.64. The first-order chi connectivity index (χ1) is 6.17. The first kappa shape index (κ1) is 9.15. The van der Waals surface area contributed by atoms with E-state index in [4.69, 9.17) is 10.5 Å². The van der Waals surface area contributed by atoms with Gasteiger partial charge in [0, 0.05) is 6.07 Å². The summed E-state index contributed by atoms with van der Waals surface area (Å²) in [6.45, 7) is 0. The van der Waals surface area contributed by atoms with E-state index >= 15 is 0 Å². The summed E-state index contributed by atoms with van der Waals surface area (Å²) in [7, 11) is 0. The third-order valence-corrected chi connectivity index (χ3v) is 1.48. The Morgan fingerprint density at radius 2 is 1.46 bits per heavy atom. The zero-order chi connectivity index (χ0) is 9.84. The molecule has 1 aromatic rings. The van der Waals surface area contributed by atoms with Gasteiger partial charge < -0.3 is 0 Å². The van der Waals surface area contributed by atoms with Crippen molar-refractivity contribution < 1.29 is 8.78 Å². The molecule has 0 atom stereocenters. The van der Waals surface area contributed by atoms with Gasteiger partial charge in [-0.05, 0) is 17.7 Å². The summed E-state index contributed by atoms with van der Waals surface area (Å²) >= 11 is 0. The molecule has 0 aliphatic carbocycles. The predicted molar refractivity (Wildman–Crippen MR) is 40.3 cm³/mol. The quantitative estimate of drug-likeness (QED) is 0.661. The molecule has 0 saturated carbocycles. The Kier molecular flexibility index (Phi) is 2.56. The van der Waals surface area contributed by atoms with Gasteiger partial charge in [-0.2, -0.15) is 10.5 Å². The zero-order valence-corrected chi connectivity index (χ0v) is 6.46. The Bertz CT molecular complexity index is 367. The molecule has 0 aromatic heterocycles. The number of hydrogen-bond donors (Lipinski definition) is 0. The molecule has 0 unspecified atom stereocenters. The molecule has 4 heteroatoms. The lowest BCUT2D eigenvalue weighted by atomic mass is 10.0. The van der Waals surface area contributed by atoms with Crippen molar-refractivity contribution in [3.8, 4) is 12.1 Å². The highest BCUT2D eigenvalue weighted by Crippen LogP contribution is 2.16. The van der Waals surface area contributed by atoms with Crippen LogP contribution in [0.4, 0.5) is 8.78 Å². The van der Waals surface area contributed by atoms with Gasteiger partial charge in [0.05, 0.1) is 12.1 Å². The molecule has 0 bridgehead atoms. The van der Waals surface area contributed by atoms with Crippen molar-refractivity contribution in [3.63, 3.8) is 0 Å². The Morgan fingerprint density at radius 3 is 1.85 bits per heavy atom. The maximum atomic E-state index is 12.6. The number of hydrogen-bond acceptors (Lipinski definition) is 2. The Labute approximate surface area is 73.6 Å². The summed E-state index contributed by atoms with van der Waals surface area (Å²) in [6, 6.07) is 5.89. The van der Waals surface area contributed by atoms with Crippen LogP contribution >= 0.6 is 0 Å². The summed E-state index contributed by atoms with van der Waals surface area (Å²) in [5, 5.41) is 16.9. The van der Waals surface area contributed by atoms with E-state index in [9.17, 15) is 8.78 Å². The van der Waals surface area contributed by atoms with Gasteiger partial charge in [0.25, 0.3) is 0 Å². The van der Waals surface area contributed by atoms with Gasteiger partial charge >= 0.3 is 0 Å². The molecule has 2 nitrogen and oxygen atoms in total. The van der Waals surface area contributed by atoms with E-state index in [1.54, 1.807) is 12.1 Å². The molecule has 0 saturated heterocycles.